The summed E-state index contributed by atoms with van der Waals surface area (Å²) in [5, 5.41) is 14.6. The minimum atomic E-state index is -0.446. The zero-order chi connectivity index (χ0) is 16.1. The van der Waals surface area contributed by atoms with Gasteiger partial charge in [0.25, 0.3) is 5.69 Å². The van der Waals surface area contributed by atoms with E-state index in [9.17, 15) is 10.1 Å². The van der Waals surface area contributed by atoms with Gasteiger partial charge in [-0.05, 0) is 31.1 Å². The summed E-state index contributed by atoms with van der Waals surface area (Å²) in [5.41, 5.74) is 0.634. The van der Waals surface area contributed by atoms with E-state index in [1.807, 2.05) is 7.05 Å². The molecule has 2 rings (SSSR count). The van der Waals surface area contributed by atoms with Crippen molar-refractivity contribution in [1.29, 1.82) is 0 Å². The molecule has 1 aromatic carbocycles. The summed E-state index contributed by atoms with van der Waals surface area (Å²) in [6.45, 7) is 0. The number of methoxy groups -OCH3 is 1. The Morgan fingerprint density at radius 2 is 2.09 bits per heavy atom. The van der Waals surface area contributed by atoms with E-state index < -0.39 is 4.92 Å². The van der Waals surface area contributed by atoms with E-state index in [-0.39, 0.29) is 5.69 Å². The van der Waals surface area contributed by atoms with Gasteiger partial charge in [-0.2, -0.15) is 0 Å². The average molecular weight is 323 g/mol. The monoisotopic (exact) mass is 323 g/mol. The van der Waals surface area contributed by atoms with Crippen molar-refractivity contribution in [3.63, 3.8) is 0 Å². The molecule has 0 aromatic heterocycles. The number of anilines is 1. The van der Waals surface area contributed by atoms with Crippen LogP contribution in [0.4, 0.5) is 11.4 Å². The van der Waals surface area contributed by atoms with Gasteiger partial charge < -0.3 is 15.0 Å². The Morgan fingerprint density at radius 3 is 2.68 bits per heavy atom. The van der Waals surface area contributed by atoms with Crippen LogP contribution in [0.3, 0.4) is 0 Å². The first-order chi connectivity index (χ1) is 10.5. The molecule has 22 heavy (non-hydrogen) atoms. The second-order valence-corrected chi connectivity index (χ2v) is 5.86. The first-order valence-electron chi connectivity index (χ1n) is 7.39. The number of hydrogen-bond donors (Lipinski definition) is 1. The molecule has 0 aliphatic heterocycles. The Bertz CT molecular complexity index is 559. The molecule has 7 heteroatoms. The molecule has 1 aliphatic rings. The highest BCUT2D eigenvalue weighted by atomic mass is 32.1. The van der Waals surface area contributed by atoms with Crippen LogP contribution in [0.2, 0.25) is 0 Å². The summed E-state index contributed by atoms with van der Waals surface area (Å²) in [7, 11) is 3.47. The maximum absolute atomic E-state index is 10.8. The predicted molar refractivity (Wildman–Crippen MR) is 90.5 cm³/mol. The van der Waals surface area contributed by atoms with Crippen molar-refractivity contribution < 1.29 is 9.66 Å². The van der Waals surface area contributed by atoms with Crippen LogP contribution in [0.5, 0.6) is 5.75 Å². The first kappa shape index (κ1) is 16.5. The molecule has 1 saturated carbocycles. The topological polar surface area (TPSA) is 67.6 Å². The van der Waals surface area contributed by atoms with Crippen LogP contribution in [0.25, 0.3) is 0 Å². The lowest BCUT2D eigenvalue weighted by atomic mass is 9.95. The van der Waals surface area contributed by atoms with Crippen molar-refractivity contribution in [1.82, 2.24) is 4.90 Å². The second kappa shape index (κ2) is 7.40. The van der Waals surface area contributed by atoms with Gasteiger partial charge in [0.15, 0.2) is 5.11 Å². The molecule has 1 aliphatic carbocycles. The number of nitro groups is 1. The molecule has 0 atom stereocenters. The third-order valence-electron chi connectivity index (χ3n) is 4.08. The van der Waals surface area contributed by atoms with Crippen molar-refractivity contribution in [2.45, 2.75) is 38.1 Å². The van der Waals surface area contributed by atoms with E-state index in [0.717, 1.165) is 12.8 Å². The SMILES string of the molecule is COc1cc([N+](=O)[O-])ccc1NC(=S)N(C)C1CCCCC1. The number of nitrogens with zero attached hydrogens (tertiary/aromatic N) is 2. The number of thiocarbonyl (C=S) groups is 1. The highest BCUT2D eigenvalue weighted by Crippen LogP contribution is 2.30. The third kappa shape index (κ3) is 3.85. The Balaban J connectivity index is 2.08. The fourth-order valence-electron chi connectivity index (χ4n) is 2.73. The third-order valence-corrected chi connectivity index (χ3v) is 4.47. The minimum absolute atomic E-state index is 0.00560. The molecule has 0 unspecified atom stereocenters. The maximum Gasteiger partial charge on any atom is 0.273 e. The van der Waals surface area contributed by atoms with Crippen molar-refractivity contribution in [2.75, 3.05) is 19.5 Å². The number of nitrogens with one attached hydrogen (secondary N) is 1. The van der Waals surface area contributed by atoms with E-state index >= 15 is 0 Å². The zero-order valence-electron chi connectivity index (χ0n) is 12.9. The Kier molecular flexibility index (Phi) is 5.54. The summed E-state index contributed by atoms with van der Waals surface area (Å²) >= 11 is 5.46. The molecule has 0 amide bonds. The van der Waals surface area contributed by atoms with Gasteiger partial charge in [-0.1, -0.05) is 19.3 Å². The van der Waals surface area contributed by atoms with Gasteiger partial charge in [0.1, 0.15) is 5.75 Å². The van der Waals surface area contributed by atoms with Crippen LogP contribution in [0.1, 0.15) is 32.1 Å². The van der Waals surface area contributed by atoms with E-state index in [1.165, 1.54) is 38.5 Å². The molecule has 0 heterocycles. The Morgan fingerprint density at radius 1 is 1.41 bits per heavy atom. The summed E-state index contributed by atoms with van der Waals surface area (Å²) in [6, 6.07) is 4.91. The van der Waals surface area contributed by atoms with E-state index in [2.05, 4.69) is 10.2 Å². The van der Waals surface area contributed by atoms with Crippen LogP contribution in [0.15, 0.2) is 18.2 Å². The van der Waals surface area contributed by atoms with Gasteiger partial charge in [0.2, 0.25) is 0 Å². The minimum Gasteiger partial charge on any atom is -0.494 e. The van der Waals surface area contributed by atoms with Crippen LogP contribution in [-0.4, -0.2) is 35.1 Å². The molecule has 1 fully saturated rings. The van der Waals surface area contributed by atoms with Crippen molar-refractivity contribution in [2.24, 2.45) is 0 Å². The standard InChI is InChI=1S/C15H21N3O3S/c1-17(11-6-4-3-5-7-11)15(22)16-13-9-8-12(18(19)20)10-14(13)21-2/h8-11H,3-7H2,1-2H3,(H,16,22). The number of benzene rings is 1. The molecule has 1 N–H and O–H groups in total. The second-order valence-electron chi connectivity index (χ2n) is 5.47. The van der Waals surface area contributed by atoms with E-state index in [1.54, 1.807) is 6.07 Å². The maximum atomic E-state index is 10.8. The Hall–Kier alpha value is -1.89. The average Bonchev–Trinajstić information content (AvgIpc) is 2.55. The normalized spacial score (nSPS) is 15.2. The quantitative estimate of drug-likeness (QED) is 0.519. The first-order valence-corrected chi connectivity index (χ1v) is 7.80. The van der Waals surface area contributed by atoms with Crippen LogP contribution in [0, 0.1) is 10.1 Å². The molecule has 0 saturated heterocycles. The smallest absolute Gasteiger partial charge is 0.273 e. The predicted octanol–water partition coefficient (Wildman–Crippen LogP) is 3.56. The summed E-state index contributed by atoms with van der Waals surface area (Å²) in [5.74, 6) is 0.411. The van der Waals surface area contributed by atoms with E-state index in [4.69, 9.17) is 17.0 Å². The van der Waals surface area contributed by atoms with Gasteiger partial charge in [-0.25, -0.2) is 0 Å². The number of hydrogen-bond acceptors (Lipinski definition) is 4. The molecule has 6 nitrogen and oxygen atoms in total. The van der Waals surface area contributed by atoms with Gasteiger partial charge >= 0.3 is 0 Å². The highest BCUT2D eigenvalue weighted by molar-refractivity contribution is 7.80. The summed E-state index contributed by atoms with van der Waals surface area (Å²) in [4.78, 5) is 12.4. The molecule has 1 aromatic rings. The number of rotatable bonds is 4. The molecular weight excluding hydrogens is 302 g/mol. The van der Waals surface area contributed by atoms with Crippen LogP contribution >= 0.6 is 12.2 Å². The van der Waals surface area contributed by atoms with Crippen molar-refractivity contribution >= 4 is 28.7 Å². The highest BCUT2D eigenvalue weighted by Gasteiger charge is 2.21. The number of nitro benzene ring substituents is 1. The lowest BCUT2D eigenvalue weighted by molar-refractivity contribution is -0.384. The van der Waals surface area contributed by atoms with Gasteiger partial charge in [-0.3, -0.25) is 10.1 Å². The van der Waals surface area contributed by atoms with Gasteiger partial charge in [0, 0.05) is 19.2 Å². The lowest BCUT2D eigenvalue weighted by Crippen LogP contribution is -2.40. The van der Waals surface area contributed by atoms with Crippen molar-refractivity contribution in [3.8, 4) is 5.75 Å². The molecule has 120 valence electrons. The van der Waals surface area contributed by atoms with Gasteiger partial charge in [-0.15, -0.1) is 0 Å². The largest absolute Gasteiger partial charge is 0.494 e. The number of non-ortho nitro benzene ring substituents is 1. The molecule has 0 radical (unpaired) electrons. The van der Waals surface area contributed by atoms with Crippen LogP contribution < -0.4 is 10.1 Å². The summed E-state index contributed by atoms with van der Waals surface area (Å²) < 4.78 is 5.22. The Labute approximate surface area is 135 Å². The lowest BCUT2D eigenvalue weighted by Gasteiger charge is -2.33. The number of ether oxygens (including phenoxy) is 1. The van der Waals surface area contributed by atoms with Crippen molar-refractivity contribution in [3.05, 3.63) is 28.3 Å². The summed E-state index contributed by atoms with van der Waals surface area (Å²) in [6.07, 6.45) is 6.06. The molecule has 0 spiro atoms. The molecule has 0 bridgehead atoms. The fourth-order valence-corrected chi connectivity index (χ4v) is 2.99. The zero-order valence-corrected chi connectivity index (χ0v) is 13.7. The fraction of sp³-hybridized carbons (Fsp3) is 0.533. The van der Waals surface area contributed by atoms with Gasteiger partial charge in [0.05, 0.1) is 23.8 Å². The van der Waals surface area contributed by atoms with Crippen LogP contribution in [-0.2, 0) is 0 Å². The molecular formula is C15H21N3O3S. The van der Waals surface area contributed by atoms with E-state index in [0.29, 0.717) is 22.6 Å².